The lowest BCUT2D eigenvalue weighted by Gasteiger charge is -2.36. The maximum Gasteiger partial charge on any atom is 0.335 e. The summed E-state index contributed by atoms with van der Waals surface area (Å²) < 4.78 is 10.8. The van der Waals surface area contributed by atoms with E-state index in [1.165, 1.54) is 4.90 Å². The van der Waals surface area contributed by atoms with E-state index in [1.54, 1.807) is 61.5 Å². The zero-order chi connectivity index (χ0) is 25.5. The molecule has 3 aromatic carbocycles. The first-order valence-corrected chi connectivity index (χ1v) is 11.8. The van der Waals surface area contributed by atoms with E-state index in [0.29, 0.717) is 11.1 Å². The van der Waals surface area contributed by atoms with Crippen molar-refractivity contribution in [3.8, 4) is 0 Å². The zero-order valence-electron chi connectivity index (χ0n) is 20.0. The molecule has 0 saturated carbocycles. The topological polar surface area (TPSA) is 90.0 Å². The molecule has 0 aromatic heterocycles. The van der Waals surface area contributed by atoms with Crippen molar-refractivity contribution in [1.82, 2.24) is 4.90 Å². The molecular formula is C29H27NO6. The van der Waals surface area contributed by atoms with Crippen molar-refractivity contribution < 1.29 is 28.7 Å². The van der Waals surface area contributed by atoms with Gasteiger partial charge in [-0.25, -0.2) is 4.79 Å². The quantitative estimate of drug-likeness (QED) is 0.332. The third-order valence-electron chi connectivity index (χ3n) is 6.09. The maximum absolute atomic E-state index is 14.0. The summed E-state index contributed by atoms with van der Waals surface area (Å²) in [4.78, 5) is 54.2. The van der Waals surface area contributed by atoms with Crippen molar-refractivity contribution in [3.05, 3.63) is 108 Å². The number of esters is 2. The lowest BCUT2D eigenvalue weighted by atomic mass is 9.83. The molecule has 0 bridgehead atoms. The largest absolute Gasteiger partial charge is 0.466 e. The van der Waals surface area contributed by atoms with Crippen LogP contribution in [0.25, 0.3) is 0 Å². The highest BCUT2D eigenvalue weighted by Gasteiger charge is 2.59. The molecule has 36 heavy (non-hydrogen) atoms. The summed E-state index contributed by atoms with van der Waals surface area (Å²) in [5, 5.41) is 0. The van der Waals surface area contributed by atoms with E-state index >= 15 is 0 Å². The molecule has 1 fully saturated rings. The summed E-state index contributed by atoms with van der Waals surface area (Å²) >= 11 is 0. The highest BCUT2D eigenvalue weighted by atomic mass is 16.6. The van der Waals surface area contributed by atoms with Gasteiger partial charge in [0.25, 0.3) is 5.91 Å². The Morgan fingerprint density at radius 3 is 2.08 bits per heavy atom. The maximum atomic E-state index is 14.0. The van der Waals surface area contributed by atoms with Crippen molar-refractivity contribution in [2.24, 2.45) is 0 Å². The minimum Gasteiger partial charge on any atom is -0.466 e. The second-order valence-corrected chi connectivity index (χ2v) is 8.60. The number of ether oxygens (including phenoxy) is 2. The third kappa shape index (κ3) is 5.20. The lowest BCUT2D eigenvalue weighted by molar-refractivity contribution is -0.149. The number of Topliss-reactive ketones (excluding diaryl/α,β-unsaturated/α-hetero) is 1. The molecule has 7 heteroatoms. The van der Waals surface area contributed by atoms with Crippen LogP contribution in [0.15, 0.2) is 91.0 Å². The Kier molecular flexibility index (Phi) is 7.59. The van der Waals surface area contributed by atoms with E-state index in [0.717, 1.165) is 5.56 Å². The summed E-state index contributed by atoms with van der Waals surface area (Å²) in [7, 11) is 0. The van der Waals surface area contributed by atoms with Gasteiger partial charge in [-0.15, -0.1) is 0 Å². The van der Waals surface area contributed by atoms with Crippen LogP contribution in [-0.4, -0.2) is 40.7 Å². The van der Waals surface area contributed by atoms with E-state index in [-0.39, 0.29) is 19.4 Å². The summed E-state index contributed by atoms with van der Waals surface area (Å²) in [6.45, 7) is 1.79. The van der Waals surface area contributed by atoms with Crippen LogP contribution in [-0.2, 0) is 30.3 Å². The monoisotopic (exact) mass is 485 g/mol. The Labute approximate surface area is 209 Å². The Morgan fingerprint density at radius 1 is 0.889 bits per heavy atom. The van der Waals surface area contributed by atoms with Gasteiger partial charge < -0.3 is 9.47 Å². The van der Waals surface area contributed by atoms with Crippen molar-refractivity contribution >= 4 is 23.6 Å². The molecule has 2 atom stereocenters. The van der Waals surface area contributed by atoms with E-state index in [2.05, 4.69) is 0 Å². The molecule has 7 nitrogen and oxygen atoms in total. The first-order valence-electron chi connectivity index (χ1n) is 11.8. The van der Waals surface area contributed by atoms with Crippen LogP contribution in [0.1, 0.15) is 47.5 Å². The third-order valence-corrected chi connectivity index (χ3v) is 6.09. The number of cyclic esters (lactones) is 1. The van der Waals surface area contributed by atoms with Gasteiger partial charge in [-0.05, 0) is 24.6 Å². The number of benzene rings is 3. The standard InChI is InChI=1S/C29H27NO6/c1-2-35-25(32)18-24(31)20-29(19-21-12-6-3-7-13-21)28(34)36-27(23-16-10-5-11-17-23)30(29)26(33)22-14-8-4-9-15-22/h3-17,27H,2,18-20H2,1H3/t27-,29+/m1/s1. The van der Waals surface area contributed by atoms with Gasteiger partial charge in [-0.3, -0.25) is 19.3 Å². The fourth-order valence-electron chi connectivity index (χ4n) is 4.51. The van der Waals surface area contributed by atoms with Crippen molar-refractivity contribution in [2.75, 3.05) is 6.61 Å². The van der Waals surface area contributed by atoms with Crippen LogP contribution < -0.4 is 0 Å². The van der Waals surface area contributed by atoms with Gasteiger partial charge in [-0.1, -0.05) is 78.9 Å². The molecular weight excluding hydrogens is 458 g/mol. The Morgan fingerprint density at radius 2 is 1.47 bits per heavy atom. The first-order chi connectivity index (χ1) is 17.4. The van der Waals surface area contributed by atoms with Gasteiger partial charge in [0.05, 0.1) is 6.61 Å². The second kappa shape index (κ2) is 11.0. The van der Waals surface area contributed by atoms with Gasteiger partial charge in [0, 0.05) is 24.0 Å². The van der Waals surface area contributed by atoms with Gasteiger partial charge in [0.1, 0.15) is 12.2 Å². The molecule has 0 spiro atoms. The smallest absolute Gasteiger partial charge is 0.335 e. The highest BCUT2D eigenvalue weighted by Crippen LogP contribution is 2.43. The molecule has 1 saturated heterocycles. The summed E-state index contributed by atoms with van der Waals surface area (Å²) in [6.07, 6.45) is -1.88. The van der Waals surface area contributed by atoms with Crippen molar-refractivity contribution in [2.45, 2.75) is 38.0 Å². The summed E-state index contributed by atoms with van der Waals surface area (Å²) in [6, 6.07) is 26.6. The van der Waals surface area contributed by atoms with Crippen molar-refractivity contribution in [3.63, 3.8) is 0 Å². The van der Waals surface area contributed by atoms with E-state index in [9.17, 15) is 19.2 Å². The van der Waals surface area contributed by atoms with E-state index in [4.69, 9.17) is 9.47 Å². The lowest BCUT2D eigenvalue weighted by Crippen LogP contribution is -2.54. The second-order valence-electron chi connectivity index (χ2n) is 8.60. The molecule has 0 aliphatic carbocycles. The van der Waals surface area contributed by atoms with Crippen LogP contribution in [0, 0.1) is 0 Å². The number of rotatable bonds is 9. The zero-order valence-corrected chi connectivity index (χ0v) is 20.0. The molecule has 0 N–H and O–H groups in total. The normalized spacial score (nSPS) is 19.0. The van der Waals surface area contributed by atoms with Gasteiger partial charge in [0.15, 0.2) is 5.54 Å². The highest BCUT2D eigenvalue weighted by molar-refractivity contribution is 6.04. The number of ketones is 1. The van der Waals surface area contributed by atoms with Crippen LogP contribution in [0.5, 0.6) is 0 Å². The molecule has 3 aromatic rings. The Bertz CT molecular complexity index is 1230. The minimum atomic E-state index is -1.65. The minimum absolute atomic E-state index is 0.0448. The summed E-state index contributed by atoms with van der Waals surface area (Å²) in [5.41, 5.74) is 0.0473. The van der Waals surface area contributed by atoms with Crippen molar-refractivity contribution in [1.29, 1.82) is 0 Å². The van der Waals surface area contributed by atoms with Crippen LogP contribution in [0.2, 0.25) is 0 Å². The average Bonchev–Trinajstić information content (AvgIpc) is 3.16. The number of nitrogens with zero attached hydrogens (tertiary/aromatic N) is 1. The summed E-state index contributed by atoms with van der Waals surface area (Å²) in [5.74, 6) is -2.33. The van der Waals surface area contributed by atoms with Gasteiger partial charge >= 0.3 is 11.9 Å². The van der Waals surface area contributed by atoms with Gasteiger partial charge in [-0.2, -0.15) is 0 Å². The number of carbonyl (C=O) groups excluding carboxylic acids is 4. The molecule has 184 valence electrons. The predicted molar refractivity (Wildman–Crippen MR) is 132 cm³/mol. The number of hydrogen-bond donors (Lipinski definition) is 0. The fraction of sp³-hybridized carbons (Fsp3) is 0.241. The number of hydrogen-bond acceptors (Lipinski definition) is 6. The predicted octanol–water partition coefficient (Wildman–Crippen LogP) is 4.28. The molecule has 1 amide bonds. The average molecular weight is 486 g/mol. The van der Waals surface area contributed by atoms with Crippen LogP contribution >= 0.6 is 0 Å². The van der Waals surface area contributed by atoms with Gasteiger partial charge in [0.2, 0.25) is 6.23 Å². The fourth-order valence-corrected chi connectivity index (χ4v) is 4.51. The van der Waals surface area contributed by atoms with Crippen LogP contribution in [0.4, 0.5) is 0 Å². The van der Waals surface area contributed by atoms with Crippen LogP contribution in [0.3, 0.4) is 0 Å². The Hall–Kier alpha value is -4.26. The molecule has 1 aliphatic heterocycles. The number of amides is 1. The molecule has 4 rings (SSSR count). The molecule has 1 heterocycles. The van der Waals surface area contributed by atoms with E-state index in [1.807, 2.05) is 36.4 Å². The Balaban J connectivity index is 1.83. The molecule has 0 radical (unpaired) electrons. The number of carbonyl (C=O) groups is 4. The molecule has 0 unspecified atom stereocenters. The van der Waals surface area contributed by atoms with E-state index < -0.39 is 41.8 Å². The SMILES string of the molecule is CCOC(=O)CC(=O)C[C@@]1(Cc2ccccc2)C(=O)O[C@H](c2ccccc2)N1C(=O)c1ccccc1. The molecule has 1 aliphatic rings. The first kappa shape index (κ1) is 24.9.